The second-order valence-corrected chi connectivity index (χ2v) is 4.24. The Morgan fingerprint density at radius 3 is 2.56 bits per heavy atom. The lowest BCUT2D eigenvalue weighted by Gasteiger charge is -2.06. The minimum absolute atomic E-state index is 1.00. The molecular weight excluding hydrogens is 222 g/mol. The number of hydrogen-bond acceptors (Lipinski definition) is 2. The van der Waals surface area contributed by atoms with E-state index < -0.39 is 0 Å². The normalized spacial score (nSPS) is 10.5. The maximum absolute atomic E-state index is 4.16. The van der Waals surface area contributed by atoms with Crippen molar-refractivity contribution in [3.63, 3.8) is 0 Å². The number of para-hydroxylation sites is 1. The molecule has 2 aromatic carbocycles. The molecule has 1 heterocycles. The van der Waals surface area contributed by atoms with Crippen molar-refractivity contribution in [3.05, 3.63) is 66.4 Å². The molecule has 0 N–H and O–H groups in total. The minimum atomic E-state index is 1.00. The lowest BCUT2D eigenvalue weighted by Crippen LogP contribution is -1.98. The summed E-state index contributed by atoms with van der Waals surface area (Å²) in [4.78, 5) is 0. The highest BCUT2D eigenvalue weighted by atomic mass is 15.4. The molecule has 3 heteroatoms. The molecule has 0 saturated carbocycles. The second-order valence-electron chi connectivity index (χ2n) is 4.24. The maximum Gasteiger partial charge on any atom is 0.0944 e. The fourth-order valence-electron chi connectivity index (χ4n) is 2.00. The van der Waals surface area contributed by atoms with E-state index >= 15 is 0 Å². The quantitative estimate of drug-likeness (QED) is 0.682. The summed E-state index contributed by atoms with van der Waals surface area (Å²) in [5.41, 5.74) is 4.38. The van der Waals surface area contributed by atoms with Gasteiger partial charge >= 0.3 is 0 Å². The van der Waals surface area contributed by atoms with Crippen LogP contribution in [-0.4, -0.2) is 15.0 Å². The molecule has 0 saturated heterocycles. The summed E-state index contributed by atoms with van der Waals surface area (Å²) < 4.78 is 1.86. The Hall–Kier alpha value is -2.42. The molecule has 0 aliphatic rings. The van der Waals surface area contributed by atoms with E-state index in [-0.39, 0.29) is 0 Å². The summed E-state index contributed by atoms with van der Waals surface area (Å²) in [5, 5.41) is 8.18. The van der Waals surface area contributed by atoms with Gasteiger partial charge in [0.25, 0.3) is 0 Å². The van der Waals surface area contributed by atoms with Crippen molar-refractivity contribution in [2.45, 2.75) is 6.92 Å². The van der Waals surface area contributed by atoms with Crippen molar-refractivity contribution in [3.8, 4) is 16.9 Å². The summed E-state index contributed by atoms with van der Waals surface area (Å²) in [6.07, 6.45) is 1.79. The first-order valence-corrected chi connectivity index (χ1v) is 5.88. The van der Waals surface area contributed by atoms with Crippen LogP contribution in [0.25, 0.3) is 16.9 Å². The second kappa shape index (κ2) is 4.45. The predicted molar refractivity (Wildman–Crippen MR) is 71.5 cm³/mol. The summed E-state index contributed by atoms with van der Waals surface area (Å²) in [6, 6.07) is 18.4. The van der Waals surface area contributed by atoms with E-state index in [1.165, 1.54) is 5.56 Å². The average molecular weight is 235 g/mol. The third-order valence-corrected chi connectivity index (χ3v) is 2.86. The van der Waals surface area contributed by atoms with Crippen molar-refractivity contribution in [2.24, 2.45) is 0 Å². The molecule has 0 spiro atoms. The first-order chi connectivity index (χ1) is 8.84. The van der Waals surface area contributed by atoms with Crippen molar-refractivity contribution in [1.82, 2.24) is 15.0 Å². The lowest BCUT2D eigenvalue weighted by atomic mass is 10.1. The molecule has 0 atom stereocenters. The number of aromatic nitrogens is 3. The van der Waals surface area contributed by atoms with Gasteiger partial charge < -0.3 is 0 Å². The lowest BCUT2D eigenvalue weighted by molar-refractivity contribution is 0.808. The number of nitrogens with zero attached hydrogens (tertiary/aromatic N) is 3. The maximum atomic E-state index is 4.16. The van der Waals surface area contributed by atoms with Crippen LogP contribution in [0.3, 0.4) is 0 Å². The van der Waals surface area contributed by atoms with E-state index in [9.17, 15) is 0 Å². The van der Waals surface area contributed by atoms with Crippen LogP contribution in [-0.2, 0) is 0 Å². The number of hydrogen-bond donors (Lipinski definition) is 0. The third kappa shape index (κ3) is 1.91. The Morgan fingerprint density at radius 1 is 0.944 bits per heavy atom. The van der Waals surface area contributed by atoms with Crippen LogP contribution in [0.1, 0.15) is 5.56 Å². The fourth-order valence-corrected chi connectivity index (χ4v) is 2.00. The standard InChI is InChI=1S/C15H13N3/c1-12-6-5-7-13(10-12)15-11-16-17-18(15)14-8-3-2-4-9-14/h2-11H,1H3. The van der Waals surface area contributed by atoms with E-state index in [0.717, 1.165) is 16.9 Å². The van der Waals surface area contributed by atoms with Gasteiger partial charge in [-0.2, -0.15) is 0 Å². The molecule has 0 bridgehead atoms. The number of aryl methyl sites for hydroxylation is 1. The summed E-state index contributed by atoms with van der Waals surface area (Å²) in [5.74, 6) is 0. The highest BCUT2D eigenvalue weighted by Gasteiger charge is 2.07. The topological polar surface area (TPSA) is 30.7 Å². The smallest absolute Gasteiger partial charge is 0.0944 e. The van der Waals surface area contributed by atoms with Crippen LogP contribution < -0.4 is 0 Å². The van der Waals surface area contributed by atoms with Crippen molar-refractivity contribution in [1.29, 1.82) is 0 Å². The summed E-state index contributed by atoms with van der Waals surface area (Å²) >= 11 is 0. The van der Waals surface area contributed by atoms with E-state index in [4.69, 9.17) is 0 Å². The Bertz CT molecular complexity index is 656. The van der Waals surface area contributed by atoms with E-state index in [2.05, 4.69) is 35.4 Å². The molecule has 18 heavy (non-hydrogen) atoms. The van der Waals surface area contributed by atoms with Gasteiger partial charge in [-0.1, -0.05) is 47.2 Å². The fraction of sp³-hybridized carbons (Fsp3) is 0.0667. The van der Waals surface area contributed by atoms with Gasteiger partial charge in [-0.25, -0.2) is 4.68 Å². The zero-order valence-electron chi connectivity index (χ0n) is 10.1. The van der Waals surface area contributed by atoms with E-state index in [1.807, 2.05) is 41.1 Å². The van der Waals surface area contributed by atoms with Crippen LogP contribution in [0.5, 0.6) is 0 Å². The SMILES string of the molecule is Cc1cccc(-c2cnnn2-c2ccccc2)c1. The average Bonchev–Trinajstić information content (AvgIpc) is 2.89. The van der Waals surface area contributed by atoms with E-state index in [0.29, 0.717) is 0 Å². The molecule has 1 aromatic heterocycles. The molecule has 0 fully saturated rings. The van der Waals surface area contributed by atoms with Gasteiger partial charge in [-0.15, -0.1) is 5.10 Å². The van der Waals surface area contributed by atoms with Crippen molar-refractivity contribution < 1.29 is 0 Å². The van der Waals surface area contributed by atoms with Gasteiger partial charge in [-0.05, 0) is 25.1 Å². The van der Waals surface area contributed by atoms with Crippen LogP contribution in [0, 0.1) is 6.92 Å². The van der Waals surface area contributed by atoms with Gasteiger partial charge in [-0.3, -0.25) is 0 Å². The molecule has 3 nitrogen and oxygen atoms in total. The highest BCUT2D eigenvalue weighted by Crippen LogP contribution is 2.21. The van der Waals surface area contributed by atoms with Crippen LogP contribution in [0.4, 0.5) is 0 Å². The third-order valence-electron chi connectivity index (χ3n) is 2.86. The zero-order valence-corrected chi connectivity index (χ0v) is 10.1. The molecule has 0 amide bonds. The predicted octanol–water partition coefficient (Wildman–Crippen LogP) is 3.24. The first kappa shape index (κ1) is 10.7. The molecule has 0 aliphatic carbocycles. The molecule has 3 rings (SSSR count). The van der Waals surface area contributed by atoms with Crippen molar-refractivity contribution >= 4 is 0 Å². The highest BCUT2D eigenvalue weighted by molar-refractivity contribution is 5.61. The monoisotopic (exact) mass is 235 g/mol. The molecule has 0 unspecified atom stereocenters. The number of benzene rings is 2. The summed E-state index contributed by atoms with van der Waals surface area (Å²) in [6.45, 7) is 2.08. The summed E-state index contributed by atoms with van der Waals surface area (Å²) in [7, 11) is 0. The molecule has 0 aliphatic heterocycles. The minimum Gasteiger partial charge on any atom is -0.213 e. The van der Waals surface area contributed by atoms with Crippen molar-refractivity contribution in [2.75, 3.05) is 0 Å². The largest absolute Gasteiger partial charge is 0.213 e. The van der Waals surface area contributed by atoms with Crippen LogP contribution >= 0.6 is 0 Å². The van der Waals surface area contributed by atoms with Crippen LogP contribution in [0.2, 0.25) is 0 Å². The van der Waals surface area contributed by atoms with Gasteiger partial charge in [0, 0.05) is 5.56 Å². The molecule has 3 aromatic rings. The number of rotatable bonds is 2. The van der Waals surface area contributed by atoms with Gasteiger partial charge in [0.2, 0.25) is 0 Å². The molecule has 0 radical (unpaired) electrons. The Balaban J connectivity index is 2.13. The first-order valence-electron chi connectivity index (χ1n) is 5.88. The Morgan fingerprint density at radius 2 is 1.78 bits per heavy atom. The molecule has 88 valence electrons. The van der Waals surface area contributed by atoms with Gasteiger partial charge in [0.1, 0.15) is 0 Å². The van der Waals surface area contributed by atoms with Gasteiger partial charge in [0.15, 0.2) is 0 Å². The molecular formula is C15H13N3. The van der Waals surface area contributed by atoms with E-state index in [1.54, 1.807) is 6.20 Å². The Labute approximate surface area is 106 Å². The van der Waals surface area contributed by atoms with Gasteiger partial charge in [0.05, 0.1) is 17.6 Å². The Kier molecular flexibility index (Phi) is 2.65. The van der Waals surface area contributed by atoms with Crippen LogP contribution in [0.15, 0.2) is 60.8 Å². The zero-order chi connectivity index (χ0) is 12.4.